The van der Waals surface area contributed by atoms with Crippen LogP contribution in [0, 0.1) is 3.57 Å². The van der Waals surface area contributed by atoms with Gasteiger partial charge in [-0.1, -0.05) is 23.1 Å². The van der Waals surface area contributed by atoms with Gasteiger partial charge in [-0.05, 0) is 53.1 Å². The van der Waals surface area contributed by atoms with Crippen LogP contribution in [0.2, 0.25) is 0 Å². The second-order valence-electron chi connectivity index (χ2n) is 4.37. The Hall–Kier alpha value is -0.920. The summed E-state index contributed by atoms with van der Waals surface area (Å²) in [6.45, 7) is -0.326. The number of sulfonamides is 1. The summed E-state index contributed by atoms with van der Waals surface area (Å²) >= 11 is 4.78. The van der Waals surface area contributed by atoms with Crippen LogP contribution in [0.4, 0.5) is 10.8 Å². The smallest absolute Gasteiger partial charge is 0.246 e. The molecular formula is C12H13IN4O3S3. The molecule has 1 amide bonds. The quantitative estimate of drug-likeness (QED) is 0.384. The number of nitrogens with zero attached hydrogens (tertiary/aromatic N) is 3. The van der Waals surface area contributed by atoms with Crippen molar-refractivity contribution in [1.82, 2.24) is 10.2 Å². The number of amides is 1. The molecule has 1 heterocycles. The number of carbonyl (C=O) groups excluding carboxylic acids is 1. The number of thioether (sulfide) groups is 1. The van der Waals surface area contributed by atoms with E-state index in [0.29, 0.717) is 10.8 Å². The van der Waals surface area contributed by atoms with Gasteiger partial charge in [0.2, 0.25) is 21.1 Å². The van der Waals surface area contributed by atoms with E-state index in [9.17, 15) is 13.2 Å². The topological polar surface area (TPSA) is 92.3 Å². The normalized spacial score (nSPS) is 11.3. The Kier molecular flexibility index (Phi) is 6.22. The third kappa shape index (κ3) is 5.29. The van der Waals surface area contributed by atoms with Gasteiger partial charge in [-0.3, -0.25) is 14.4 Å². The number of anilines is 2. The molecule has 0 saturated carbocycles. The largest absolute Gasteiger partial charge is 0.299 e. The minimum atomic E-state index is -3.58. The van der Waals surface area contributed by atoms with Gasteiger partial charge < -0.3 is 0 Å². The van der Waals surface area contributed by atoms with Gasteiger partial charge in [0, 0.05) is 3.57 Å². The first-order valence-corrected chi connectivity index (χ1v) is 11.2. The summed E-state index contributed by atoms with van der Waals surface area (Å²) in [5.74, 6) is -0.474. The molecule has 2 aromatic rings. The summed E-state index contributed by atoms with van der Waals surface area (Å²) in [5, 5.41) is 10.6. The van der Waals surface area contributed by atoms with Crippen LogP contribution in [-0.4, -0.2) is 43.6 Å². The fraction of sp³-hybridized carbons (Fsp3) is 0.250. The summed E-state index contributed by atoms with van der Waals surface area (Å²) in [4.78, 5) is 12.1. The van der Waals surface area contributed by atoms with Crippen molar-refractivity contribution in [2.45, 2.75) is 4.34 Å². The lowest BCUT2D eigenvalue weighted by Crippen LogP contribution is -2.37. The van der Waals surface area contributed by atoms with Crippen molar-refractivity contribution in [2.24, 2.45) is 0 Å². The van der Waals surface area contributed by atoms with Crippen molar-refractivity contribution in [3.05, 3.63) is 27.8 Å². The molecule has 1 N–H and O–H groups in total. The number of hydrogen-bond donors (Lipinski definition) is 1. The molecule has 7 nitrogen and oxygen atoms in total. The van der Waals surface area contributed by atoms with Gasteiger partial charge in [0.15, 0.2) is 4.34 Å². The number of halogens is 1. The maximum absolute atomic E-state index is 12.1. The average molecular weight is 484 g/mol. The number of aromatic nitrogens is 2. The van der Waals surface area contributed by atoms with Crippen LogP contribution >= 0.6 is 45.7 Å². The third-order valence-electron chi connectivity index (χ3n) is 2.63. The van der Waals surface area contributed by atoms with Crippen LogP contribution in [-0.2, 0) is 14.8 Å². The number of benzene rings is 1. The van der Waals surface area contributed by atoms with E-state index in [2.05, 4.69) is 38.1 Å². The Labute approximate surface area is 156 Å². The standard InChI is InChI=1S/C12H13IN4O3S3/c1-21-12-16-15-11(22-12)14-10(18)7-17(23(2,19)20)9-5-3-8(13)4-6-9/h3-6H,7H2,1-2H3,(H,14,15,18). The molecule has 0 spiro atoms. The van der Waals surface area contributed by atoms with E-state index in [0.717, 1.165) is 18.5 Å². The summed E-state index contributed by atoms with van der Waals surface area (Å²) in [6, 6.07) is 6.88. The van der Waals surface area contributed by atoms with Crippen molar-refractivity contribution < 1.29 is 13.2 Å². The van der Waals surface area contributed by atoms with E-state index in [1.165, 1.54) is 23.1 Å². The van der Waals surface area contributed by atoms with Crippen LogP contribution in [0.1, 0.15) is 0 Å². The molecule has 124 valence electrons. The molecule has 2 rings (SSSR count). The SMILES string of the molecule is CSc1nnc(NC(=O)CN(c2ccc(I)cc2)S(C)(=O)=O)s1. The molecule has 0 saturated heterocycles. The molecule has 1 aromatic heterocycles. The molecule has 23 heavy (non-hydrogen) atoms. The summed E-state index contributed by atoms with van der Waals surface area (Å²) in [6.07, 6.45) is 2.92. The van der Waals surface area contributed by atoms with E-state index >= 15 is 0 Å². The lowest BCUT2D eigenvalue weighted by molar-refractivity contribution is -0.114. The summed E-state index contributed by atoms with van der Waals surface area (Å²) in [5.41, 5.74) is 0.435. The second-order valence-corrected chi connectivity index (χ2v) is 9.55. The van der Waals surface area contributed by atoms with Gasteiger partial charge >= 0.3 is 0 Å². The van der Waals surface area contributed by atoms with Gasteiger partial charge in [-0.25, -0.2) is 8.42 Å². The van der Waals surface area contributed by atoms with Crippen LogP contribution in [0.5, 0.6) is 0 Å². The molecule has 0 aliphatic heterocycles. The molecule has 0 radical (unpaired) electrons. The first kappa shape index (κ1) is 18.4. The van der Waals surface area contributed by atoms with E-state index in [1.807, 2.05) is 6.26 Å². The Bertz CT molecular complexity index is 792. The monoisotopic (exact) mass is 484 g/mol. The van der Waals surface area contributed by atoms with Crippen LogP contribution < -0.4 is 9.62 Å². The lowest BCUT2D eigenvalue weighted by Gasteiger charge is -2.21. The predicted octanol–water partition coefficient (Wildman–Crippen LogP) is 2.27. The first-order valence-electron chi connectivity index (χ1n) is 6.20. The average Bonchev–Trinajstić information content (AvgIpc) is 2.92. The van der Waals surface area contributed by atoms with E-state index in [4.69, 9.17) is 0 Å². The second kappa shape index (κ2) is 7.77. The number of carbonyl (C=O) groups is 1. The molecule has 0 fully saturated rings. The van der Waals surface area contributed by atoms with Crippen molar-refractivity contribution in [2.75, 3.05) is 28.7 Å². The summed E-state index contributed by atoms with van der Waals surface area (Å²) in [7, 11) is -3.58. The third-order valence-corrected chi connectivity index (χ3v) is 6.30. The number of hydrogen-bond acceptors (Lipinski definition) is 7. The Balaban J connectivity index is 2.14. The summed E-state index contributed by atoms with van der Waals surface area (Å²) < 4.78 is 26.7. The first-order chi connectivity index (χ1) is 10.8. The minimum Gasteiger partial charge on any atom is -0.299 e. The molecule has 0 atom stereocenters. The number of rotatable bonds is 6. The molecule has 1 aromatic carbocycles. The molecule has 0 bridgehead atoms. The lowest BCUT2D eigenvalue weighted by atomic mass is 10.3. The Morgan fingerprint density at radius 1 is 1.35 bits per heavy atom. The molecule has 11 heteroatoms. The fourth-order valence-electron chi connectivity index (χ4n) is 1.64. The van der Waals surface area contributed by atoms with Gasteiger partial charge in [0.05, 0.1) is 11.9 Å². The van der Waals surface area contributed by atoms with E-state index < -0.39 is 15.9 Å². The van der Waals surface area contributed by atoms with Gasteiger partial charge in [-0.2, -0.15) is 0 Å². The molecule has 0 aliphatic carbocycles. The molecule has 0 aliphatic rings. The molecular weight excluding hydrogens is 471 g/mol. The minimum absolute atomic E-state index is 0.326. The van der Waals surface area contributed by atoms with Crippen LogP contribution in [0.25, 0.3) is 0 Å². The van der Waals surface area contributed by atoms with Crippen LogP contribution in [0.3, 0.4) is 0 Å². The zero-order chi connectivity index (χ0) is 17.0. The number of nitrogens with one attached hydrogen (secondary N) is 1. The van der Waals surface area contributed by atoms with Crippen molar-refractivity contribution >= 4 is 72.4 Å². The van der Waals surface area contributed by atoms with E-state index in [-0.39, 0.29) is 6.54 Å². The van der Waals surface area contributed by atoms with Gasteiger partial charge in [-0.15, -0.1) is 10.2 Å². The van der Waals surface area contributed by atoms with Crippen LogP contribution in [0.15, 0.2) is 28.6 Å². The highest BCUT2D eigenvalue weighted by Gasteiger charge is 2.21. The predicted molar refractivity (Wildman–Crippen MR) is 102 cm³/mol. The molecule has 0 unspecified atom stereocenters. The highest BCUT2D eigenvalue weighted by molar-refractivity contribution is 14.1. The van der Waals surface area contributed by atoms with Gasteiger partial charge in [0.1, 0.15) is 6.54 Å². The Morgan fingerprint density at radius 2 is 2.00 bits per heavy atom. The highest BCUT2D eigenvalue weighted by atomic mass is 127. The maximum atomic E-state index is 12.1. The fourth-order valence-corrected chi connectivity index (χ4v) is 4.04. The van der Waals surface area contributed by atoms with Crippen molar-refractivity contribution in [3.8, 4) is 0 Å². The Morgan fingerprint density at radius 3 is 2.52 bits per heavy atom. The van der Waals surface area contributed by atoms with Crippen molar-refractivity contribution in [1.29, 1.82) is 0 Å². The van der Waals surface area contributed by atoms with E-state index in [1.54, 1.807) is 24.3 Å². The highest BCUT2D eigenvalue weighted by Crippen LogP contribution is 2.23. The van der Waals surface area contributed by atoms with Crippen molar-refractivity contribution in [3.63, 3.8) is 0 Å². The zero-order valence-electron chi connectivity index (χ0n) is 12.2. The zero-order valence-corrected chi connectivity index (χ0v) is 16.8. The van der Waals surface area contributed by atoms with Gasteiger partial charge in [0.25, 0.3) is 0 Å². The maximum Gasteiger partial charge on any atom is 0.246 e.